The zero-order valence-corrected chi connectivity index (χ0v) is 12.5. The predicted octanol–water partition coefficient (Wildman–Crippen LogP) is 2.22. The Hall–Kier alpha value is -2.44. The summed E-state index contributed by atoms with van der Waals surface area (Å²) in [6, 6.07) is 15.9. The van der Waals surface area contributed by atoms with E-state index in [1.54, 1.807) is 12.1 Å². The summed E-state index contributed by atoms with van der Waals surface area (Å²) < 4.78 is 25.7. The molecule has 0 radical (unpaired) electrons. The van der Waals surface area contributed by atoms with E-state index < -0.39 is 22.5 Å². The van der Waals surface area contributed by atoms with Crippen LogP contribution in [0.25, 0.3) is 12.2 Å². The van der Waals surface area contributed by atoms with Gasteiger partial charge in [-0.2, -0.15) is 4.72 Å². The molecule has 5 nitrogen and oxygen atoms in total. The number of sulfonamides is 1. The van der Waals surface area contributed by atoms with Crippen molar-refractivity contribution >= 4 is 28.1 Å². The highest BCUT2D eigenvalue weighted by atomic mass is 32.2. The Morgan fingerprint density at radius 3 is 2.05 bits per heavy atom. The molecule has 0 saturated heterocycles. The Labute approximate surface area is 129 Å². The molecule has 0 aliphatic rings. The Kier molecular flexibility index (Phi) is 5.08. The van der Waals surface area contributed by atoms with Crippen LogP contribution in [0.1, 0.15) is 11.1 Å². The number of benzene rings is 2. The highest BCUT2D eigenvalue weighted by Gasteiger charge is 2.14. The fourth-order valence-electron chi connectivity index (χ4n) is 1.75. The van der Waals surface area contributed by atoms with Crippen LogP contribution in [0.2, 0.25) is 0 Å². The second-order valence-corrected chi connectivity index (χ2v) is 6.30. The standard InChI is InChI=1S/C16H15NO4S/c18-16(19)12-17-22(20,21)15-10-8-14(9-11-15)7-6-13-4-2-1-3-5-13/h1-11,17H,12H2,(H,18,19)/b7-6+. The van der Waals surface area contributed by atoms with Gasteiger partial charge in [0.05, 0.1) is 4.90 Å². The molecule has 0 aliphatic heterocycles. The fraction of sp³-hybridized carbons (Fsp3) is 0.0625. The van der Waals surface area contributed by atoms with Crippen LogP contribution in [0, 0.1) is 0 Å². The number of rotatable bonds is 6. The molecule has 0 aliphatic carbocycles. The minimum Gasteiger partial charge on any atom is -0.480 e. The molecule has 0 unspecified atom stereocenters. The van der Waals surface area contributed by atoms with Gasteiger partial charge < -0.3 is 5.11 Å². The molecule has 0 spiro atoms. The summed E-state index contributed by atoms with van der Waals surface area (Å²) in [4.78, 5) is 10.4. The summed E-state index contributed by atoms with van der Waals surface area (Å²) in [5.41, 5.74) is 1.89. The van der Waals surface area contributed by atoms with E-state index in [0.717, 1.165) is 11.1 Å². The average Bonchev–Trinajstić information content (AvgIpc) is 2.52. The van der Waals surface area contributed by atoms with Crippen LogP contribution < -0.4 is 4.72 Å². The second kappa shape index (κ2) is 7.02. The van der Waals surface area contributed by atoms with Crippen molar-refractivity contribution in [3.8, 4) is 0 Å². The van der Waals surface area contributed by atoms with Gasteiger partial charge in [-0.3, -0.25) is 4.79 Å². The highest BCUT2D eigenvalue weighted by molar-refractivity contribution is 7.89. The zero-order valence-electron chi connectivity index (χ0n) is 11.6. The van der Waals surface area contributed by atoms with E-state index in [-0.39, 0.29) is 4.90 Å². The Bertz CT molecular complexity index is 766. The van der Waals surface area contributed by atoms with E-state index >= 15 is 0 Å². The third-order valence-corrected chi connectivity index (χ3v) is 4.29. The largest absolute Gasteiger partial charge is 0.480 e. The molecule has 0 amide bonds. The number of aliphatic carboxylic acids is 1. The van der Waals surface area contributed by atoms with Gasteiger partial charge in [0, 0.05) is 0 Å². The Morgan fingerprint density at radius 1 is 0.955 bits per heavy atom. The summed E-state index contributed by atoms with van der Waals surface area (Å²) in [6.45, 7) is -0.641. The van der Waals surface area contributed by atoms with Crippen molar-refractivity contribution in [3.05, 3.63) is 65.7 Å². The van der Waals surface area contributed by atoms with E-state index in [4.69, 9.17) is 5.11 Å². The molecule has 0 bridgehead atoms. The number of hydrogen-bond acceptors (Lipinski definition) is 3. The summed E-state index contributed by atoms with van der Waals surface area (Å²) in [5.74, 6) is -1.23. The molecule has 0 aromatic heterocycles. The van der Waals surface area contributed by atoms with Gasteiger partial charge in [0.25, 0.3) is 0 Å². The highest BCUT2D eigenvalue weighted by Crippen LogP contribution is 2.13. The molecule has 0 fully saturated rings. The average molecular weight is 317 g/mol. The van der Waals surface area contributed by atoms with Crippen molar-refractivity contribution in [2.45, 2.75) is 4.90 Å². The van der Waals surface area contributed by atoms with Gasteiger partial charge in [-0.15, -0.1) is 0 Å². The smallest absolute Gasteiger partial charge is 0.318 e. The van der Waals surface area contributed by atoms with E-state index in [1.165, 1.54) is 12.1 Å². The first-order chi connectivity index (χ1) is 10.5. The van der Waals surface area contributed by atoms with Crippen LogP contribution in [0.15, 0.2) is 59.5 Å². The topological polar surface area (TPSA) is 83.5 Å². The van der Waals surface area contributed by atoms with E-state index in [9.17, 15) is 13.2 Å². The van der Waals surface area contributed by atoms with Crippen molar-refractivity contribution in [3.63, 3.8) is 0 Å². The maximum atomic E-state index is 11.8. The number of nitrogens with one attached hydrogen (secondary N) is 1. The summed E-state index contributed by atoms with van der Waals surface area (Å²) >= 11 is 0. The first-order valence-electron chi connectivity index (χ1n) is 6.52. The molecular formula is C16H15NO4S. The molecule has 2 aromatic rings. The number of hydrogen-bond donors (Lipinski definition) is 2. The maximum absolute atomic E-state index is 11.8. The van der Waals surface area contributed by atoms with E-state index in [1.807, 2.05) is 47.2 Å². The zero-order chi connectivity index (χ0) is 16.0. The summed E-state index contributed by atoms with van der Waals surface area (Å²) in [6.07, 6.45) is 3.79. The lowest BCUT2D eigenvalue weighted by molar-refractivity contribution is -0.135. The van der Waals surface area contributed by atoms with E-state index in [0.29, 0.717) is 0 Å². The Morgan fingerprint density at radius 2 is 1.50 bits per heavy atom. The van der Waals surface area contributed by atoms with Crippen molar-refractivity contribution in [1.82, 2.24) is 4.72 Å². The minimum absolute atomic E-state index is 0.0330. The molecular weight excluding hydrogens is 302 g/mol. The van der Waals surface area contributed by atoms with Gasteiger partial charge in [-0.1, -0.05) is 54.6 Å². The first-order valence-corrected chi connectivity index (χ1v) is 8.00. The number of carbonyl (C=O) groups is 1. The van der Waals surface area contributed by atoms with Crippen LogP contribution in [0.3, 0.4) is 0 Å². The van der Waals surface area contributed by atoms with Gasteiger partial charge >= 0.3 is 5.97 Å². The van der Waals surface area contributed by atoms with Crippen molar-refractivity contribution in [1.29, 1.82) is 0 Å². The third kappa shape index (κ3) is 4.54. The molecule has 2 aromatic carbocycles. The van der Waals surface area contributed by atoms with Gasteiger partial charge in [-0.25, -0.2) is 8.42 Å². The van der Waals surface area contributed by atoms with Crippen LogP contribution in [-0.2, 0) is 14.8 Å². The first kappa shape index (κ1) is 15.9. The van der Waals surface area contributed by atoms with Crippen LogP contribution in [0.5, 0.6) is 0 Å². The Balaban J connectivity index is 2.10. The molecule has 114 valence electrons. The predicted molar refractivity (Wildman–Crippen MR) is 84.6 cm³/mol. The lowest BCUT2D eigenvalue weighted by Crippen LogP contribution is -2.29. The van der Waals surface area contributed by atoms with Gasteiger partial charge in [0.15, 0.2) is 0 Å². The maximum Gasteiger partial charge on any atom is 0.318 e. The van der Waals surface area contributed by atoms with Crippen LogP contribution in [-0.4, -0.2) is 26.0 Å². The molecule has 0 atom stereocenters. The quantitative estimate of drug-likeness (QED) is 0.800. The summed E-state index contributed by atoms with van der Waals surface area (Å²) in [5, 5.41) is 8.51. The second-order valence-electron chi connectivity index (χ2n) is 4.53. The van der Waals surface area contributed by atoms with Crippen LogP contribution >= 0.6 is 0 Å². The van der Waals surface area contributed by atoms with Gasteiger partial charge in [0.2, 0.25) is 10.0 Å². The lowest BCUT2D eigenvalue weighted by Gasteiger charge is -2.04. The fourth-order valence-corrected chi connectivity index (χ4v) is 2.73. The van der Waals surface area contributed by atoms with Crippen molar-refractivity contribution in [2.75, 3.05) is 6.54 Å². The molecule has 2 N–H and O–H groups in total. The van der Waals surface area contributed by atoms with E-state index in [2.05, 4.69) is 0 Å². The van der Waals surface area contributed by atoms with Gasteiger partial charge in [-0.05, 0) is 23.3 Å². The molecule has 22 heavy (non-hydrogen) atoms. The minimum atomic E-state index is -3.79. The lowest BCUT2D eigenvalue weighted by atomic mass is 10.1. The monoisotopic (exact) mass is 317 g/mol. The molecule has 2 rings (SSSR count). The number of carboxylic acids is 1. The van der Waals surface area contributed by atoms with Crippen molar-refractivity contribution < 1.29 is 18.3 Å². The number of carboxylic acid groups (broad SMARTS) is 1. The SMILES string of the molecule is O=C(O)CNS(=O)(=O)c1ccc(/C=C/c2ccccc2)cc1. The van der Waals surface area contributed by atoms with Crippen molar-refractivity contribution in [2.24, 2.45) is 0 Å². The molecule has 6 heteroatoms. The van der Waals surface area contributed by atoms with Crippen LogP contribution in [0.4, 0.5) is 0 Å². The molecule has 0 heterocycles. The van der Waals surface area contributed by atoms with Gasteiger partial charge in [0.1, 0.15) is 6.54 Å². The molecule has 0 saturated carbocycles. The normalized spacial score (nSPS) is 11.6. The third-order valence-electron chi connectivity index (χ3n) is 2.87. The summed E-state index contributed by atoms with van der Waals surface area (Å²) in [7, 11) is -3.79.